The third-order valence-corrected chi connectivity index (χ3v) is 5.27. The molecule has 0 saturated heterocycles. The highest BCUT2D eigenvalue weighted by atomic mass is 79.9. The standard InChI is InChI=1S/C24H18BrFN2O2/c1-2-30-18-13-11-17(12-14-18)28-23(19-8-4-5-9-20(19)25)27-22(24(28)29)15-16-7-3-6-10-21(16)26/h3-15H,2H2,1H3/b22-15+. The average Bonchev–Trinajstić information content (AvgIpc) is 3.07. The fourth-order valence-electron chi connectivity index (χ4n) is 3.18. The second-order valence-electron chi connectivity index (χ2n) is 6.53. The van der Waals surface area contributed by atoms with Crippen molar-refractivity contribution in [3.63, 3.8) is 0 Å². The number of hydrogen-bond acceptors (Lipinski definition) is 3. The molecule has 6 heteroatoms. The Labute approximate surface area is 182 Å². The SMILES string of the molecule is CCOc1ccc(N2C(=O)/C(=C\c3ccccc3F)N=C2c2ccccc2Br)cc1. The van der Waals surface area contributed by atoms with E-state index in [9.17, 15) is 9.18 Å². The number of amides is 1. The van der Waals surface area contributed by atoms with E-state index in [0.29, 0.717) is 23.7 Å². The summed E-state index contributed by atoms with van der Waals surface area (Å²) >= 11 is 3.54. The molecule has 3 aromatic carbocycles. The van der Waals surface area contributed by atoms with Gasteiger partial charge in [-0.25, -0.2) is 9.38 Å². The summed E-state index contributed by atoms with van der Waals surface area (Å²) in [5.74, 6) is 0.455. The first-order valence-electron chi connectivity index (χ1n) is 9.45. The van der Waals surface area contributed by atoms with E-state index in [2.05, 4.69) is 20.9 Å². The summed E-state index contributed by atoms with van der Waals surface area (Å²) < 4.78 is 20.5. The number of hydrogen-bond donors (Lipinski definition) is 0. The molecule has 0 unspecified atom stereocenters. The first-order valence-corrected chi connectivity index (χ1v) is 10.2. The Morgan fingerprint density at radius 1 is 1.03 bits per heavy atom. The normalized spacial score (nSPS) is 14.9. The number of ether oxygens (including phenoxy) is 1. The van der Waals surface area contributed by atoms with Crippen molar-refractivity contribution >= 4 is 39.4 Å². The van der Waals surface area contributed by atoms with Crippen molar-refractivity contribution in [1.82, 2.24) is 0 Å². The maximum Gasteiger partial charge on any atom is 0.282 e. The smallest absolute Gasteiger partial charge is 0.282 e. The van der Waals surface area contributed by atoms with Gasteiger partial charge in [-0.1, -0.05) is 52.3 Å². The maximum atomic E-state index is 14.2. The second-order valence-corrected chi connectivity index (χ2v) is 7.39. The van der Waals surface area contributed by atoms with Gasteiger partial charge >= 0.3 is 0 Å². The Hall–Kier alpha value is -3.25. The Kier molecular flexibility index (Phi) is 5.77. The van der Waals surface area contributed by atoms with Gasteiger partial charge in [0.2, 0.25) is 0 Å². The van der Waals surface area contributed by atoms with E-state index in [0.717, 1.165) is 15.8 Å². The van der Waals surface area contributed by atoms with Gasteiger partial charge in [0.1, 0.15) is 23.1 Å². The molecule has 0 fully saturated rings. The van der Waals surface area contributed by atoms with Gasteiger partial charge in [-0.15, -0.1) is 0 Å². The van der Waals surface area contributed by atoms with Gasteiger partial charge in [0, 0.05) is 15.6 Å². The molecular formula is C24H18BrFN2O2. The number of carbonyl (C=O) groups is 1. The van der Waals surface area contributed by atoms with Gasteiger partial charge in [0.15, 0.2) is 0 Å². The van der Waals surface area contributed by atoms with E-state index in [4.69, 9.17) is 4.74 Å². The molecule has 0 aromatic heterocycles. The molecule has 0 saturated carbocycles. The summed E-state index contributed by atoms with van der Waals surface area (Å²) in [5, 5.41) is 0. The van der Waals surface area contributed by atoms with E-state index >= 15 is 0 Å². The fourth-order valence-corrected chi connectivity index (χ4v) is 3.64. The summed E-state index contributed by atoms with van der Waals surface area (Å²) in [7, 11) is 0. The molecule has 4 nitrogen and oxygen atoms in total. The predicted octanol–water partition coefficient (Wildman–Crippen LogP) is 5.82. The predicted molar refractivity (Wildman–Crippen MR) is 120 cm³/mol. The van der Waals surface area contributed by atoms with Crippen molar-refractivity contribution in [3.8, 4) is 5.75 Å². The van der Waals surface area contributed by atoms with Crippen molar-refractivity contribution in [2.24, 2.45) is 4.99 Å². The number of amidine groups is 1. The molecule has 30 heavy (non-hydrogen) atoms. The van der Waals surface area contributed by atoms with E-state index in [1.54, 1.807) is 30.3 Å². The lowest BCUT2D eigenvalue weighted by Crippen LogP contribution is -2.32. The molecule has 1 heterocycles. The van der Waals surface area contributed by atoms with Gasteiger partial charge in [0.05, 0.1) is 12.3 Å². The minimum atomic E-state index is -0.407. The lowest BCUT2D eigenvalue weighted by atomic mass is 10.1. The summed E-state index contributed by atoms with van der Waals surface area (Å²) in [6, 6.07) is 21.1. The Bertz CT molecular complexity index is 1160. The monoisotopic (exact) mass is 464 g/mol. The van der Waals surface area contributed by atoms with Crippen LogP contribution < -0.4 is 9.64 Å². The zero-order chi connectivity index (χ0) is 21.1. The van der Waals surface area contributed by atoms with Gasteiger partial charge in [-0.05, 0) is 49.4 Å². The third-order valence-electron chi connectivity index (χ3n) is 4.58. The van der Waals surface area contributed by atoms with E-state index in [1.807, 2.05) is 43.3 Å². The van der Waals surface area contributed by atoms with Crippen LogP contribution >= 0.6 is 15.9 Å². The van der Waals surface area contributed by atoms with Crippen LogP contribution in [0.1, 0.15) is 18.1 Å². The van der Waals surface area contributed by atoms with Crippen molar-refractivity contribution < 1.29 is 13.9 Å². The lowest BCUT2D eigenvalue weighted by molar-refractivity contribution is -0.113. The topological polar surface area (TPSA) is 41.9 Å². The minimum Gasteiger partial charge on any atom is -0.494 e. The number of anilines is 1. The van der Waals surface area contributed by atoms with E-state index in [-0.39, 0.29) is 11.6 Å². The fraction of sp³-hybridized carbons (Fsp3) is 0.0833. The molecule has 0 N–H and O–H groups in total. The largest absolute Gasteiger partial charge is 0.494 e. The molecule has 1 aliphatic heterocycles. The minimum absolute atomic E-state index is 0.166. The van der Waals surface area contributed by atoms with Crippen LogP contribution in [-0.2, 0) is 4.79 Å². The second kappa shape index (κ2) is 8.63. The molecular weight excluding hydrogens is 447 g/mol. The molecule has 3 aromatic rings. The Morgan fingerprint density at radius 2 is 1.73 bits per heavy atom. The molecule has 0 aliphatic carbocycles. The number of benzene rings is 3. The van der Waals surface area contributed by atoms with Crippen molar-refractivity contribution in [2.75, 3.05) is 11.5 Å². The van der Waals surface area contributed by atoms with Crippen molar-refractivity contribution in [2.45, 2.75) is 6.92 Å². The quantitative estimate of drug-likeness (QED) is 0.446. The van der Waals surface area contributed by atoms with Gasteiger partial charge < -0.3 is 4.74 Å². The molecule has 0 atom stereocenters. The molecule has 0 spiro atoms. The number of halogens is 2. The summed E-state index contributed by atoms with van der Waals surface area (Å²) in [4.78, 5) is 19.4. The third kappa shape index (κ3) is 3.91. The van der Waals surface area contributed by atoms with E-state index in [1.165, 1.54) is 17.0 Å². The first-order chi connectivity index (χ1) is 14.6. The van der Waals surface area contributed by atoms with Crippen LogP contribution in [0.15, 0.2) is 88.0 Å². The van der Waals surface area contributed by atoms with Crippen LogP contribution in [0.25, 0.3) is 6.08 Å². The molecule has 1 amide bonds. The molecule has 1 aliphatic rings. The van der Waals surface area contributed by atoms with Crippen LogP contribution in [0.3, 0.4) is 0 Å². The highest BCUT2D eigenvalue weighted by Crippen LogP contribution is 2.31. The number of nitrogens with zero attached hydrogens (tertiary/aromatic N) is 2. The lowest BCUT2D eigenvalue weighted by Gasteiger charge is -2.19. The van der Waals surface area contributed by atoms with Crippen LogP contribution in [-0.4, -0.2) is 18.3 Å². The summed E-state index contributed by atoms with van der Waals surface area (Å²) in [6.45, 7) is 2.47. The summed E-state index contributed by atoms with van der Waals surface area (Å²) in [6.07, 6.45) is 1.48. The van der Waals surface area contributed by atoms with Gasteiger partial charge in [-0.3, -0.25) is 9.69 Å². The molecule has 0 bridgehead atoms. The highest BCUT2D eigenvalue weighted by molar-refractivity contribution is 9.10. The van der Waals surface area contributed by atoms with Crippen molar-refractivity contribution in [3.05, 3.63) is 99.9 Å². The number of aliphatic imine (C=N–C) groups is 1. The first kappa shape index (κ1) is 20.0. The molecule has 4 rings (SSSR count). The Balaban J connectivity index is 1.82. The maximum absolute atomic E-state index is 14.2. The van der Waals surface area contributed by atoms with Crippen LogP contribution in [0, 0.1) is 5.82 Å². The van der Waals surface area contributed by atoms with Crippen molar-refractivity contribution in [1.29, 1.82) is 0 Å². The number of rotatable bonds is 5. The average molecular weight is 465 g/mol. The zero-order valence-corrected chi connectivity index (χ0v) is 17.8. The zero-order valence-electron chi connectivity index (χ0n) is 16.2. The van der Waals surface area contributed by atoms with Gasteiger partial charge in [0.25, 0.3) is 5.91 Å². The Morgan fingerprint density at radius 3 is 2.43 bits per heavy atom. The van der Waals surface area contributed by atoms with Crippen LogP contribution in [0.4, 0.5) is 10.1 Å². The number of carbonyl (C=O) groups excluding carboxylic acids is 1. The van der Waals surface area contributed by atoms with E-state index < -0.39 is 5.82 Å². The molecule has 0 radical (unpaired) electrons. The highest BCUT2D eigenvalue weighted by Gasteiger charge is 2.33. The summed E-state index contributed by atoms with van der Waals surface area (Å²) in [5.41, 5.74) is 1.89. The molecule has 150 valence electrons. The van der Waals surface area contributed by atoms with Crippen LogP contribution in [0.2, 0.25) is 0 Å². The van der Waals surface area contributed by atoms with Crippen LogP contribution in [0.5, 0.6) is 5.75 Å². The van der Waals surface area contributed by atoms with Gasteiger partial charge in [-0.2, -0.15) is 0 Å².